The van der Waals surface area contributed by atoms with Crippen LogP contribution in [0.3, 0.4) is 0 Å². The van der Waals surface area contributed by atoms with Gasteiger partial charge in [-0.3, -0.25) is 4.79 Å². The number of nitrogens with one attached hydrogen (secondary N) is 1. The molecule has 1 atom stereocenters. The number of rotatable bonds is 6. The predicted octanol–water partition coefficient (Wildman–Crippen LogP) is 3.43. The van der Waals surface area contributed by atoms with Crippen LogP contribution < -0.4 is 10.1 Å². The van der Waals surface area contributed by atoms with Crippen LogP contribution in [-0.2, 0) is 17.6 Å². The molecule has 0 saturated heterocycles. The maximum Gasteiger partial charge on any atom is 0.225 e. The summed E-state index contributed by atoms with van der Waals surface area (Å²) in [6, 6.07) is 3.91. The molecule has 9 nitrogen and oxygen atoms in total. The Balaban J connectivity index is 1.45. The SMILES string of the molecule is COc1cn2nccc2cc1Nc1ncnc2sc3c(c12)CCC(C(=O)N(C)CC(C)(C)O)C3. The molecule has 2 N–H and O–H groups in total. The first-order valence-electron chi connectivity index (χ1n) is 11.2. The van der Waals surface area contributed by atoms with Crippen LogP contribution in [0.5, 0.6) is 5.75 Å². The molecule has 1 aliphatic carbocycles. The summed E-state index contributed by atoms with van der Waals surface area (Å²) in [5.41, 5.74) is 2.03. The molecule has 1 unspecified atom stereocenters. The Morgan fingerprint density at radius 1 is 1.41 bits per heavy atom. The van der Waals surface area contributed by atoms with E-state index in [1.165, 1.54) is 10.4 Å². The lowest BCUT2D eigenvalue weighted by molar-refractivity contribution is -0.137. The molecule has 34 heavy (non-hydrogen) atoms. The highest BCUT2D eigenvalue weighted by Gasteiger charge is 2.32. The number of nitrogens with zero attached hydrogens (tertiary/aromatic N) is 5. The lowest BCUT2D eigenvalue weighted by Gasteiger charge is -2.30. The van der Waals surface area contributed by atoms with Crippen LogP contribution in [0.15, 0.2) is 30.9 Å². The standard InChI is InChI=1S/C24H28N6O3S/c1-24(2,32)12-29(3)23(31)14-5-6-16-19(9-14)34-22-20(16)21(25-13-26-22)28-17-10-15-7-8-27-30(15)11-18(17)33-4/h7-8,10-11,13-14,32H,5-6,9,12H2,1-4H3,(H,25,26,28). The van der Waals surface area contributed by atoms with Crippen molar-refractivity contribution in [3.63, 3.8) is 0 Å². The summed E-state index contributed by atoms with van der Waals surface area (Å²) >= 11 is 1.63. The van der Waals surface area contributed by atoms with Crippen molar-refractivity contribution >= 4 is 44.5 Å². The summed E-state index contributed by atoms with van der Waals surface area (Å²) in [6.07, 6.45) is 7.36. The van der Waals surface area contributed by atoms with Gasteiger partial charge in [-0.15, -0.1) is 11.3 Å². The zero-order valence-corrected chi connectivity index (χ0v) is 20.5. The predicted molar refractivity (Wildman–Crippen MR) is 132 cm³/mol. The summed E-state index contributed by atoms with van der Waals surface area (Å²) in [4.78, 5) is 25.8. The number of aliphatic hydroxyl groups is 1. The molecule has 5 rings (SSSR count). The van der Waals surface area contributed by atoms with E-state index in [0.29, 0.717) is 18.7 Å². The molecule has 0 aliphatic heterocycles. The van der Waals surface area contributed by atoms with Gasteiger partial charge in [0, 0.05) is 30.6 Å². The van der Waals surface area contributed by atoms with E-state index in [4.69, 9.17) is 4.74 Å². The van der Waals surface area contributed by atoms with E-state index < -0.39 is 5.60 Å². The molecule has 0 bridgehead atoms. The second-order valence-corrected chi connectivity index (χ2v) is 10.5. The molecule has 10 heteroatoms. The number of aryl methyl sites for hydroxylation is 1. The van der Waals surface area contributed by atoms with Crippen molar-refractivity contribution in [3.05, 3.63) is 41.3 Å². The maximum atomic E-state index is 13.0. The van der Waals surface area contributed by atoms with Crippen LogP contribution in [0.2, 0.25) is 0 Å². The van der Waals surface area contributed by atoms with Crippen LogP contribution in [0, 0.1) is 5.92 Å². The number of hydrogen-bond acceptors (Lipinski definition) is 8. The molecule has 4 aromatic rings. The molecule has 0 radical (unpaired) electrons. The minimum Gasteiger partial charge on any atom is -0.493 e. The van der Waals surface area contributed by atoms with E-state index in [9.17, 15) is 9.90 Å². The van der Waals surface area contributed by atoms with Gasteiger partial charge in [0.1, 0.15) is 17.0 Å². The molecule has 178 valence electrons. The smallest absolute Gasteiger partial charge is 0.225 e. The van der Waals surface area contributed by atoms with Gasteiger partial charge >= 0.3 is 0 Å². The molecule has 0 spiro atoms. The van der Waals surface area contributed by atoms with Crippen molar-refractivity contribution in [2.45, 2.75) is 38.7 Å². The van der Waals surface area contributed by atoms with E-state index in [2.05, 4.69) is 20.4 Å². The highest BCUT2D eigenvalue weighted by Crippen LogP contribution is 2.41. The number of aromatic nitrogens is 4. The topological polar surface area (TPSA) is 105 Å². The van der Waals surface area contributed by atoms with Crippen LogP contribution in [-0.4, -0.2) is 61.8 Å². The maximum absolute atomic E-state index is 13.0. The van der Waals surface area contributed by atoms with Crippen LogP contribution >= 0.6 is 11.3 Å². The third-order valence-corrected chi connectivity index (χ3v) is 7.33. The van der Waals surface area contributed by atoms with Crippen LogP contribution in [0.4, 0.5) is 11.5 Å². The summed E-state index contributed by atoms with van der Waals surface area (Å²) < 4.78 is 7.34. The second kappa shape index (κ2) is 8.52. The lowest BCUT2D eigenvalue weighted by atomic mass is 9.86. The number of amides is 1. The quantitative estimate of drug-likeness (QED) is 0.436. The first-order chi connectivity index (χ1) is 16.2. The number of pyridine rings is 1. The zero-order chi connectivity index (χ0) is 24.0. The minimum atomic E-state index is -0.918. The highest BCUT2D eigenvalue weighted by atomic mass is 32.1. The number of anilines is 2. The van der Waals surface area contributed by atoms with Gasteiger partial charge in [-0.1, -0.05) is 0 Å². The number of ether oxygens (including phenoxy) is 1. The van der Waals surface area contributed by atoms with E-state index >= 15 is 0 Å². The molecular weight excluding hydrogens is 452 g/mol. The molecule has 1 amide bonds. The van der Waals surface area contributed by atoms with Gasteiger partial charge in [-0.25, -0.2) is 14.5 Å². The number of likely N-dealkylation sites (N-methyl/N-ethyl adjacent to an activating group) is 1. The average molecular weight is 481 g/mol. The third kappa shape index (κ3) is 4.19. The van der Waals surface area contributed by atoms with Gasteiger partial charge in [0.2, 0.25) is 5.91 Å². The number of methoxy groups -OCH3 is 1. The van der Waals surface area contributed by atoms with E-state index in [1.807, 2.05) is 18.3 Å². The monoisotopic (exact) mass is 480 g/mol. The third-order valence-electron chi connectivity index (χ3n) is 6.17. The van der Waals surface area contributed by atoms with E-state index in [0.717, 1.165) is 40.1 Å². The fourth-order valence-corrected chi connectivity index (χ4v) is 5.99. The van der Waals surface area contributed by atoms with Gasteiger partial charge in [0.25, 0.3) is 0 Å². The fraction of sp³-hybridized carbons (Fsp3) is 0.417. The van der Waals surface area contributed by atoms with Gasteiger partial charge in [-0.05, 0) is 50.8 Å². The lowest BCUT2D eigenvalue weighted by Crippen LogP contribution is -2.43. The minimum absolute atomic E-state index is 0.0773. The first-order valence-corrected chi connectivity index (χ1v) is 12.1. The summed E-state index contributed by atoms with van der Waals surface area (Å²) in [6.45, 7) is 3.74. The van der Waals surface area contributed by atoms with Crippen molar-refractivity contribution in [2.24, 2.45) is 5.92 Å². The van der Waals surface area contributed by atoms with Crippen molar-refractivity contribution in [1.82, 2.24) is 24.5 Å². The van der Waals surface area contributed by atoms with Gasteiger partial charge in [-0.2, -0.15) is 5.10 Å². The molecule has 4 aromatic heterocycles. The van der Waals surface area contributed by atoms with E-state index in [1.54, 1.807) is 61.3 Å². The Bertz CT molecular complexity index is 1370. The molecule has 1 aliphatic rings. The van der Waals surface area contributed by atoms with Crippen molar-refractivity contribution in [2.75, 3.05) is 26.0 Å². The normalized spacial score (nSPS) is 16.0. The molecular formula is C24H28N6O3S. The van der Waals surface area contributed by atoms with Crippen molar-refractivity contribution < 1.29 is 14.6 Å². The molecule has 4 heterocycles. The number of hydrogen-bond donors (Lipinski definition) is 2. The second-order valence-electron chi connectivity index (χ2n) is 9.43. The van der Waals surface area contributed by atoms with E-state index in [-0.39, 0.29) is 11.8 Å². The van der Waals surface area contributed by atoms with Crippen LogP contribution in [0.25, 0.3) is 15.7 Å². The average Bonchev–Trinajstić information content (AvgIpc) is 3.40. The number of fused-ring (bicyclic) bond motifs is 4. The van der Waals surface area contributed by atoms with Gasteiger partial charge in [0.05, 0.1) is 35.5 Å². The first kappa shape index (κ1) is 22.5. The summed E-state index contributed by atoms with van der Waals surface area (Å²) in [5.74, 6) is 1.37. The molecule has 0 fully saturated rings. The van der Waals surface area contributed by atoms with Gasteiger partial charge < -0.3 is 20.1 Å². The fourth-order valence-electron chi connectivity index (χ4n) is 4.72. The Morgan fingerprint density at radius 3 is 3.00 bits per heavy atom. The molecule has 0 saturated carbocycles. The van der Waals surface area contributed by atoms with Crippen molar-refractivity contribution in [3.8, 4) is 5.75 Å². The largest absolute Gasteiger partial charge is 0.493 e. The Morgan fingerprint density at radius 2 is 2.24 bits per heavy atom. The van der Waals surface area contributed by atoms with Gasteiger partial charge in [0.15, 0.2) is 5.75 Å². The Labute approximate surface area is 201 Å². The zero-order valence-electron chi connectivity index (χ0n) is 19.7. The number of carbonyl (C=O) groups excluding carboxylic acids is 1. The van der Waals surface area contributed by atoms with Crippen molar-refractivity contribution in [1.29, 1.82) is 0 Å². The summed E-state index contributed by atoms with van der Waals surface area (Å²) in [7, 11) is 3.39. The highest BCUT2D eigenvalue weighted by molar-refractivity contribution is 7.19. The summed E-state index contributed by atoms with van der Waals surface area (Å²) in [5, 5.41) is 18.8. The Kier molecular flexibility index (Phi) is 5.65. The van der Waals surface area contributed by atoms with Crippen LogP contribution in [0.1, 0.15) is 30.7 Å². The number of carbonyl (C=O) groups is 1. The number of thiophene rings is 1. The molecule has 0 aromatic carbocycles. The Hall–Kier alpha value is -3.24.